The van der Waals surface area contributed by atoms with Crippen LogP contribution in [0.4, 0.5) is 0 Å². The second kappa shape index (κ2) is 6.49. The molecule has 1 unspecified atom stereocenters. The maximum Gasteiger partial charge on any atom is 0.214 e. The molecule has 0 bridgehead atoms. The Balaban J connectivity index is 2.45. The molecule has 1 heterocycles. The fourth-order valence-corrected chi connectivity index (χ4v) is 3.11. The SMILES string of the molecule is CCC(NCCS(=O)(=O)N(C)C)c1cccs1. The van der Waals surface area contributed by atoms with Crippen LogP contribution in [0.25, 0.3) is 0 Å². The van der Waals surface area contributed by atoms with Gasteiger partial charge in [-0.25, -0.2) is 12.7 Å². The molecule has 1 aromatic heterocycles. The summed E-state index contributed by atoms with van der Waals surface area (Å²) in [6, 6.07) is 4.35. The van der Waals surface area contributed by atoms with Crippen molar-refractivity contribution in [1.82, 2.24) is 9.62 Å². The summed E-state index contributed by atoms with van der Waals surface area (Å²) in [5.74, 6) is 0.141. The minimum absolute atomic E-state index is 0.141. The van der Waals surface area contributed by atoms with Crippen molar-refractivity contribution in [1.29, 1.82) is 0 Å². The lowest BCUT2D eigenvalue weighted by molar-refractivity contribution is 0.505. The molecule has 6 heteroatoms. The van der Waals surface area contributed by atoms with E-state index in [1.807, 2.05) is 11.4 Å². The Hall–Kier alpha value is -0.430. The van der Waals surface area contributed by atoms with Gasteiger partial charge < -0.3 is 5.32 Å². The molecule has 98 valence electrons. The maximum atomic E-state index is 11.6. The Morgan fingerprint density at radius 1 is 1.47 bits per heavy atom. The normalized spacial score (nSPS) is 14.1. The molecule has 1 N–H and O–H groups in total. The molecule has 0 radical (unpaired) electrons. The number of hydrogen-bond acceptors (Lipinski definition) is 4. The minimum Gasteiger partial charge on any atom is -0.308 e. The molecule has 1 atom stereocenters. The molecule has 17 heavy (non-hydrogen) atoms. The topological polar surface area (TPSA) is 49.4 Å². The molecular formula is C11H20N2O2S2. The second-order valence-electron chi connectivity index (χ2n) is 4.03. The highest BCUT2D eigenvalue weighted by Crippen LogP contribution is 2.21. The van der Waals surface area contributed by atoms with Crippen LogP contribution in [0.1, 0.15) is 24.3 Å². The molecule has 0 aliphatic heterocycles. The van der Waals surface area contributed by atoms with Crippen molar-refractivity contribution in [2.24, 2.45) is 0 Å². The zero-order valence-electron chi connectivity index (χ0n) is 10.5. The highest BCUT2D eigenvalue weighted by molar-refractivity contribution is 7.89. The van der Waals surface area contributed by atoms with Crippen LogP contribution in [-0.4, -0.2) is 39.1 Å². The fraction of sp³-hybridized carbons (Fsp3) is 0.636. The quantitative estimate of drug-likeness (QED) is 0.824. The average molecular weight is 276 g/mol. The predicted octanol–water partition coefficient (Wildman–Crippen LogP) is 1.68. The van der Waals surface area contributed by atoms with Crippen LogP contribution >= 0.6 is 11.3 Å². The molecule has 0 spiro atoms. The molecule has 0 amide bonds. The molecule has 0 saturated carbocycles. The van der Waals surface area contributed by atoms with E-state index in [2.05, 4.69) is 18.3 Å². The Morgan fingerprint density at radius 2 is 2.18 bits per heavy atom. The van der Waals surface area contributed by atoms with Gasteiger partial charge in [0.2, 0.25) is 10.0 Å². The zero-order chi connectivity index (χ0) is 12.9. The Bertz CT molecular complexity index is 413. The van der Waals surface area contributed by atoms with Crippen molar-refractivity contribution in [3.63, 3.8) is 0 Å². The van der Waals surface area contributed by atoms with E-state index >= 15 is 0 Å². The molecule has 0 saturated heterocycles. The lowest BCUT2D eigenvalue weighted by atomic mass is 10.2. The number of thiophene rings is 1. The summed E-state index contributed by atoms with van der Waals surface area (Å²) in [6.07, 6.45) is 0.961. The van der Waals surface area contributed by atoms with E-state index in [1.165, 1.54) is 9.18 Å². The molecule has 0 fully saturated rings. The molecule has 1 aromatic rings. The van der Waals surface area contributed by atoms with E-state index in [4.69, 9.17) is 0 Å². The summed E-state index contributed by atoms with van der Waals surface area (Å²) in [4.78, 5) is 1.26. The summed E-state index contributed by atoms with van der Waals surface area (Å²) < 4.78 is 24.4. The highest BCUT2D eigenvalue weighted by Gasteiger charge is 2.15. The van der Waals surface area contributed by atoms with Gasteiger partial charge in [-0.15, -0.1) is 11.3 Å². The van der Waals surface area contributed by atoms with Gasteiger partial charge in [-0.2, -0.15) is 0 Å². The first kappa shape index (κ1) is 14.6. The number of nitrogens with zero attached hydrogens (tertiary/aromatic N) is 1. The second-order valence-corrected chi connectivity index (χ2v) is 7.31. The largest absolute Gasteiger partial charge is 0.308 e. The van der Waals surface area contributed by atoms with Gasteiger partial charge in [0, 0.05) is 31.6 Å². The third-order valence-electron chi connectivity index (χ3n) is 2.60. The number of hydrogen-bond donors (Lipinski definition) is 1. The van der Waals surface area contributed by atoms with Gasteiger partial charge in [0.05, 0.1) is 5.75 Å². The van der Waals surface area contributed by atoms with E-state index in [0.717, 1.165) is 6.42 Å². The molecule has 4 nitrogen and oxygen atoms in total. The molecule has 0 aliphatic rings. The minimum atomic E-state index is -3.10. The first-order valence-electron chi connectivity index (χ1n) is 5.64. The zero-order valence-corrected chi connectivity index (χ0v) is 12.1. The highest BCUT2D eigenvalue weighted by atomic mass is 32.2. The van der Waals surface area contributed by atoms with Crippen molar-refractivity contribution in [3.05, 3.63) is 22.4 Å². The third-order valence-corrected chi connectivity index (χ3v) is 5.42. The van der Waals surface area contributed by atoms with Crippen LogP contribution in [0.2, 0.25) is 0 Å². The van der Waals surface area contributed by atoms with E-state index in [0.29, 0.717) is 6.54 Å². The lowest BCUT2D eigenvalue weighted by Crippen LogP contribution is -2.32. The first-order chi connectivity index (χ1) is 7.97. The van der Waals surface area contributed by atoms with E-state index in [9.17, 15) is 8.42 Å². The molecule has 0 aliphatic carbocycles. The summed E-state index contributed by atoms with van der Waals surface area (Å²) in [6.45, 7) is 2.58. The van der Waals surface area contributed by atoms with Crippen LogP contribution in [0.15, 0.2) is 17.5 Å². The van der Waals surface area contributed by atoms with Crippen molar-refractivity contribution in [2.45, 2.75) is 19.4 Å². The Morgan fingerprint density at radius 3 is 2.65 bits per heavy atom. The Labute approximate surface area is 108 Å². The van der Waals surface area contributed by atoms with E-state index in [-0.39, 0.29) is 11.8 Å². The number of sulfonamides is 1. The van der Waals surface area contributed by atoms with Crippen molar-refractivity contribution < 1.29 is 8.42 Å². The van der Waals surface area contributed by atoms with Crippen molar-refractivity contribution in [2.75, 3.05) is 26.4 Å². The van der Waals surface area contributed by atoms with Crippen LogP contribution < -0.4 is 5.32 Å². The smallest absolute Gasteiger partial charge is 0.214 e. The van der Waals surface area contributed by atoms with E-state index < -0.39 is 10.0 Å². The van der Waals surface area contributed by atoms with Gasteiger partial charge in [0.15, 0.2) is 0 Å². The molecule has 1 rings (SSSR count). The van der Waals surface area contributed by atoms with Gasteiger partial charge >= 0.3 is 0 Å². The molecule has 0 aromatic carbocycles. The van der Waals surface area contributed by atoms with Crippen molar-refractivity contribution >= 4 is 21.4 Å². The summed E-state index contributed by atoms with van der Waals surface area (Å²) >= 11 is 1.70. The first-order valence-corrected chi connectivity index (χ1v) is 8.13. The third kappa shape index (κ3) is 4.39. The van der Waals surface area contributed by atoms with Crippen LogP contribution in [-0.2, 0) is 10.0 Å². The molecular weight excluding hydrogens is 256 g/mol. The average Bonchev–Trinajstić information content (AvgIpc) is 2.77. The van der Waals surface area contributed by atoms with Gasteiger partial charge in [-0.3, -0.25) is 0 Å². The van der Waals surface area contributed by atoms with Crippen molar-refractivity contribution in [3.8, 4) is 0 Å². The number of rotatable bonds is 7. The van der Waals surface area contributed by atoms with Gasteiger partial charge in [-0.05, 0) is 17.9 Å². The Kier molecular flexibility index (Phi) is 5.58. The summed E-state index contributed by atoms with van der Waals surface area (Å²) in [5.41, 5.74) is 0. The fourth-order valence-electron chi connectivity index (χ4n) is 1.48. The maximum absolute atomic E-state index is 11.6. The standard InChI is InChI=1S/C11H20N2O2S2/c1-4-10(11-6-5-8-16-11)12-7-9-17(14,15)13(2)3/h5-6,8,10,12H,4,7,9H2,1-3H3. The van der Waals surface area contributed by atoms with Gasteiger partial charge in [0.25, 0.3) is 0 Å². The monoisotopic (exact) mass is 276 g/mol. The van der Waals surface area contributed by atoms with Gasteiger partial charge in [0.1, 0.15) is 0 Å². The summed E-state index contributed by atoms with van der Waals surface area (Å²) in [7, 11) is 0.0262. The lowest BCUT2D eigenvalue weighted by Gasteiger charge is -2.16. The van der Waals surface area contributed by atoms with E-state index in [1.54, 1.807) is 25.4 Å². The summed E-state index contributed by atoms with van der Waals surface area (Å²) in [5, 5.41) is 5.33. The van der Waals surface area contributed by atoms with Crippen LogP contribution in [0.5, 0.6) is 0 Å². The number of nitrogens with one attached hydrogen (secondary N) is 1. The van der Waals surface area contributed by atoms with Crippen LogP contribution in [0.3, 0.4) is 0 Å². The predicted molar refractivity (Wildman–Crippen MR) is 72.8 cm³/mol. The van der Waals surface area contributed by atoms with Gasteiger partial charge in [-0.1, -0.05) is 13.0 Å². The van der Waals surface area contributed by atoms with Crippen LogP contribution in [0, 0.1) is 0 Å².